The van der Waals surface area contributed by atoms with Crippen LogP contribution in [0.15, 0.2) is 0 Å². The molecule has 24 heavy (non-hydrogen) atoms. The SMILES string of the molecule is C[C@]12CCCCC1CCC1C2CC[C@]2(C)C(OCC(=O)O)CCC12. The minimum atomic E-state index is -0.828. The summed E-state index contributed by atoms with van der Waals surface area (Å²) in [4.78, 5) is 10.9. The van der Waals surface area contributed by atoms with Crippen molar-refractivity contribution < 1.29 is 14.6 Å². The Labute approximate surface area is 146 Å². The van der Waals surface area contributed by atoms with Gasteiger partial charge in [0.15, 0.2) is 0 Å². The van der Waals surface area contributed by atoms with Gasteiger partial charge in [0, 0.05) is 0 Å². The summed E-state index contributed by atoms with van der Waals surface area (Å²) >= 11 is 0. The van der Waals surface area contributed by atoms with E-state index in [1.54, 1.807) is 0 Å². The van der Waals surface area contributed by atoms with Gasteiger partial charge in [-0.2, -0.15) is 0 Å². The number of hydrogen-bond acceptors (Lipinski definition) is 2. The molecular formula is C21H34O3. The van der Waals surface area contributed by atoms with Crippen molar-refractivity contribution in [3.05, 3.63) is 0 Å². The molecule has 1 N–H and O–H groups in total. The number of fused-ring (bicyclic) bond motifs is 5. The van der Waals surface area contributed by atoms with Gasteiger partial charge >= 0.3 is 5.97 Å². The number of carboxylic acid groups (broad SMARTS) is 1. The first-order chi connectivity index (χ1) is 11.4. The normalized spacial score (nSPS) is 50.7. The van der Waals surface area contributed by atoms with E-state index in [9.17, 15) is 4.79 Å². The zero-order chi connectivity index (χ0) is 16.9. The fourth-order valence-electron chi connectivity index (χ4n) is 7.69. The largest absolute Gasteiger partial charge is 0.480 e. The predicted octanol–water partition coefficient (Wildman–Crippen LogP) is 4.89. The van der Waals surface area contributed by atoms with E-state index < -0.39 is 5.97 Å². The lowest BCUT2D eigenvalue weighted by atomic mass is 9.45. The van der Waals surface area contributed by atoms with Gasteiger partial charge < -0.3 is 9.84 Å². The summed E-state index contributed by atoms with van der Waals surface area (Å²) in [6.45, 7) is 4.90. The van der Waals surface area contributed by atoms with Crippen molar-refractivity contribution in [1.82, 2.24) is 0 Å². The van der Waals surface area contributed by atoms with Crippen LogP contribution in [0, 0.1) is 34.5 Å². The second-order valence-corrected chi connectivity index (χ2v) is 9.72. The molecule has 0 amide bonds. The Bertz CT molecular complexity index is 503. The monoisotopic (exact) mass is 334 g/mol. The van der Waals surface area contributed by atoms with Gasteiger partial charge in [-0.25, -0.2) is 4.79 Å². The molecule has 4 saturated carbocycles. The molecule has 4 aliphatic carbocycles. The maximum Gasteiger partial charge on any atom is 0.329 e. The number of carbonyl (C=O) groups is 1. The maximum atomic E-state index is 10.9. The summed E-state index contributed by atoms with van der Waals surface area (Å²) in [5.74, 6) is 2.67. The standard InChI is InChI=1S/C21H34O3/c1-20-11-4-3-5-14(20)6-7-15-16-8-9-18(24-13-19(22)23)21(16,2)12-10-17(15)20/h14-18H,3-13H2,1-2H3,(H,22,23)/t14?,15?,16?,17?,18?,20-,21-/m0/s1. The van der Waals surface area contributed by atoms with Crippen LogP contribution in [0.4, 0.5) is 0 Å². The van der Waals surface area contributed by atoms with Crippen molar-refractivity contribution in [3.63, 3.8) is 0 Å². The number of carboxylic acids is 1. The molecular weight excluding hydrogens is 300 g/mol. The zero-order valence-electron chi connectivity index (χ0n) is 15.4. The van der Waals surface area contributed by atoms with Gasteiger partial charge in [0.2, 0.25) is 0 Å². The summed E-state index contributed by atoms with van der Waals surface area (Å²) in [6.07, 6.45) is 13.7. The summed E-state index contributed by atoms with van der Waals surface area (Å²) < 4.78 is 5.85. The van der Waals surface area contributed by atoms with Crippen LogP contribution in [0.1, 0.15) is 78.1 Å². The minimum Gasteiger partial charge on any atom is -0.480 e. The van der Waals surface area contributed by atoms with Gasteiger partial charge in [0.1, 0.15) is 6.61 Å². The van der Waals surface area contributed by atoms with Crippen LogP contribution in [0.25, 0.3) is 0 Å². The van der Waals surface area contributed by atoms with E-state index in [0.29, 0.717) is 5.41 Å². The smallest absolute Gasteiger partial charge is 0.329 e. The molecule has 4 fully saturated rings. The van der Waals surface area contributed by atoms with Crippen molar-refractivity contribution in [2.45, 2.75) is 84.2 Å². The highest BCUT2D eigenvalue weighted by molar-refractivity contribution is 5.68. The topological polar surface area (TPSA) is 46.5 Å². The summed E-state index contributed by atoms with van der Waals surface area (Å²) in [6, 6.07) is 0. The molecule has 0 aromatic rings. The Kier molecular flexibility index (Phi) is 4.22. The first-order valence-corrected chi connectivity index (χ1v) is 10.3. The number of aliphatic carboxylic acids is 1. The van der Waals surface area contributed by atoms with Crippen LogP contribution in [-0.4, -0.2) is 23.8 Å². The summed E-state index contributed by atoms with van der Waals surface area (Å²) in [7, 11) is 0. The second-order valence-electron chi connectivity index (χ2n) is 9.72. The van der Waals surface area contributed by atoms with E-state index in [2.05, 4.69) is 13.8 Å². The van der Waals surface area contributed by atoms with Crippen molar-refractivity contribution in [2.24, 2.45) is 34.5 Å². The maximum absolute atomic E-state index is 10.9. The van der Waals surface area contributed by atoms with Crippen LogP contribution < -0.4 is 0 Å². The highest BCUT2D eigenvalue weighted by Gasteiger charge is 2.60. The molecule has 0 saturated heterocycles. The van der Waals surface area contributed by atoms with E-state index in [1.807, 2.05) is 0 Å². The van der Waals surface area contributed by atoms with E-state index in [-0.39, 0.29) is 18.1 Å². The predicted molar refractivity (Wildman–Crippen MR) is 93.7 cm³/mol. The van der Waals surface area contributed by atoms with Crippen LogP contribution in [0.5, 0.6) is 0 Å². The van der Waals surface area contributed by atoms with Crippen molar-refractivity contribution in [2.75, 3.05) is 6.61 Å². The van der Waals surface area contributed by atoms with Crippen molar-refractivity contribution in [1.29, 1.82) is 0 Å². The molecule has 4 aliphatic rings. The quantitative estimate of drug-likeness (QED) is 0.799. The second kappa shape index (κ2) is 6.00. The molecule has 0 aromatic carbocycles. The third kappa shape index (κ3) is 2.45. The minimum absolute atomic E-state index is 0.124. The molecule has 0 spiro atoms. The van der Waals surface area contributed by atoms with E-state index in [1.165, 1.54) is 57.8 Å². The molecule has 7 atom stereocenters. The Morgan fingerprint density at radius 3 is 2.54 bits per heavy atom. The Hall–Kier alpha value is -0.570. The zero-order valence-corrected chi connectivity index (χ0v) is 15.4. The van der Waals surface area contributed by atoms with E-state index >= 15 is 0 Å². The molecule has 3 heteroatoms. The number of hydrogen-bond donors (Lipinski definition) is 1. The lowest BCUT2D eigenvalue weighted by molar-refractivity contribution is -0.153. The Morgan fingerprint density at radius 1 is 0.958 bits per heavy atom. The van der Waals surface area contributed by atoms with Gasteiger partial charge in [0.25, 0.3) is 0 Å². The van der Waals surface area contributed by atoms with Gasteiger partial charge in [-0.05, 0) is 85.9 Å². The van der Waals surface area contributed by atoms with Gasteiger partial charge in [0.05, 0.1) is 6.10 Å². The highest BCUT2D eigenvalue weighted by Crippen LogP contribution is 2.66. The lowest BCUT2D eigenvalue weighted by Crippen LogP contribution is -2.53. The van der Waals surface area contributed by atoms with E-state index in [0.717, 1.165) is 30.1 Å². The molecule has 0 bridgehead atoms. The lowest BCUT2D eigenvalue weighted by Gasteiger charge is -2.60. The average molecular weight is 335 g/mol. The number of rotatable bonds is 3. The summed E-state index contributed by atoms with van der Waals surface area (Å²) in [5, 5.41) is 8.98. The summed E-state index contributed by atoms with van der Waals surface area (Å²) in [5.41, 5.74) is 0.803. The molecule has 4 rings (SSSR count). The van der Waals surface area contributed by atoms with Gasteiger partial charge in [-0.3, -0.25) is 0 Å². The first-order valence-electron chi connectivity index (χ1n) is 10.3. The Morgan fingerprint density at radius 2 is 1.75 bits per heavy atom. The van der Waals surface area contributed by atoms with E-state index in [4.69, 9.17) is 9.84 Å². The molecule has 3 nitrogen and oxygen atoms in total. The molecule has 0 aromatic heterocycles. The third-order valence-electron chi connectivity index (χ3n) is 8.90. The van der Waals surface area contributed by atoms with Crippen molar-refractivity contribution in [3.8, 4) is 0 Å². The van der Waals surface area contributed by atoms with Crippen LogP contribution in [-0.2, 0) is 9.53 Å². The van der Waals surface area contributed by atoms with Crippen LogP contribution in [0.3, 0.4) is 0 Å². The van der Waals surface area contributed by atoms with Crippen molar-refractivity contribution >= 4 is 5.97 Å². The fourth-order valence-corrected chi connectivity index (χ4v) is 7.69. The fraction of sp³-hybridized carbons (Fsp3) is 0.952. The van der Waals surface area contributed by atoms with Gasteiger partial charge in [-0.15, -0.1) is 0 Å². The van der Waals surface area contributed by atoms with Crippen LogP contribution in [0.2, 0.25) is 0 Å². The molecule has 0 heterocycles. The molecule has 5 unspecified atom stereocenters. The molecule has 0 aliphatic heterocycles. The van der Waals surface area contributed by atoms with Gasteiger partial charge in [-0.1, -0.05) is 26.7 Å². The number of ether oxygens (including phenoxy) is 1. The molecule has 0 radical (unpaired) electrons. The van der Waals surface area contributed by atoms with Crippen LogP contribution >= 0.6 is 0 Å². The molecule has 136 valence electrons. The Balaban J connectivity index is 1.54. The third-order valence-corrected chi connectivity index (χ3v) is 8.90. The highest BCUT2D eigenvalue weighted by atomic mass is 16.5. The first kappa shape index (κ1) is 16.9. The average Bonchev–Trinajstić information content (AvgIpc) is 2.89.